The first-order valence-electron chi connectivity index (χ1n) is 7.76. The molecule has 0 saturated heterocycles. The van der Waals surface area contributed by atoms with E-state index in [1.54, 1.807) is 18.2 Å². The van der Waals surface area contributed by atoms with Crippen LogP contribution in [0.25, 0.3) is 0 Å². The molecule has 1 nitrogen and oxygen atoms in total. The zero-order valence-corrected chi connectivity index (χ0v) is 13.9. The summed E-state index contributed by atoms with van der Waals surface area (Å²) in [4.78, 5) is 4.33. The molecule has 0 N–H and O–H groups in total. The fourth-order valence-corrected chi connectivity index (χ4v) is 2.88. The first-order chi connectivity index (χ1) is 11.9. The predicted molar refractivity (Wildman–Crippen MR) is 92.7 cm³/mol. The number of benzene rings is 2. The monoisotopic (exact) mass is 361 g/mol. The van der Waals surface area contributed by atoms with Gasteiger partial charge in [0.2, 0.25) is 0 Å². The summed E-state index contributed by atoms with van der Waals surface area (Å²) in [5.74, 6) is -0.290. The van der Waals surface area contributed by atoms with Crippen molar-refractivity contribution in [1.29, 1.82) is 0 Å². The normalized spacial score (nSPS) is 12.8. The van der Waals surface area contributed by atoms with Gasteiger partial charge < -0.3 is 0 Å². The SMILES string of the molecule is FC(F)(F)c1cccc(C(Cc2ccccc2)c2ccc(Cl)cn2)c1. The van der Waals surface area contributed by atoms with Gasteiger partial charge in [-0.3, -0.25) is 4.98 Å². The Labute approximate surface area is 149 Å². The summed E-state index contributed by atoms with van der Waals surface area (Å²) in [5, 5.41) is 0.492. The summed E-state index contributed by atoms with van der Waals surface area (Å²) in [6.45, 7) is 0. The molecule has 3 aromatic rings. The van der Waals surface area contributed by atoms with Gasteiger partial charge >= 0.3 is 6.18 Å². The van der Waals surface area contributed by atoms with Crippen LogP contribution >= 0.6 is 11.6 Å². The number of hydrogen-bond acceptors (Lipinski definition) is 1. The minimum absolute atomic E-state index is 0.290. The van der Waals surface area contributed by atoms with Crippen LogP contribution in [-0.2, 0) is 12.6 Å². The number of nitrogens with zero attached hydrogens (tertiary/aromatic N) is 1. The van der Waals surface area contributed by atoms with E-state index in [0.29, 0.717) is 22.7 Å². The van der Waals surface area contributed by atoms with Gasteiger partial charge in [-0.1, -0.05) is 60.1 Å². The maximum atomic E-state index is 13.1. The van der Waals surface area contributed by atoms with Crippen LogP contribution in [0.2, 0.25) is 5.02 Å². The zero-order chi connectivity index (χ0) is 17.9. The van der Waals surface area contributed by atoms with E-state index in [2.05, 4.69) is 4.98 Å². The summed E-state index contributed by atoms with van der Waals surface area (Å²) < 4.78 is 39.2. The number of rotatable bonds is 4. The molecule has 5 heteroatoms. The lowest BCUT2D eigenvalue weighted by Gasteiger charge is -2.19. The number of aromatic nitrogens is 1. The molecule has 0 aliphatic heterocycles. The molecule has 0 fully saturated rings. The summed E-state index contributed by atoms with van der Waals surface area (Å²) >= 11 is 5.90. The van der Waals surface area contributed by atoms with Crippen LogP contribution in [0.1, 0.15) is 28.3 Å². The lowest BCUT2D eigenvalue weighted by Crippen LogP contribution is -2.10. The van der Waals surface area contributed by atoms with Gasteiger partial charge in [-0.05, 0) is 35.7 Å². The van der Waals surface area contributed by atoms with Crippen molar-refractivity contribution in [3.63, 3.8) is 0 Å². The van der Waals surface area contributed by atoms with Gasteiger partial charge in [0.05, 0.1) is 10.6 Å². The molecule has 0 aliphatic carbocycles. The molecule has 25 heavy (non-hydrogen) atoms. The van der Waals surface area contributed by atoms with Gasteiger partial charge in [0.25, 0.3) is 0 Å². The Balaban J connectivity index is 2.03. The Morgan fingerprint density at radius 1 is 0.920 bits per heavy atom. The maximum Gasteiger partial charge on any atom is 0.416 e. The molecule has 0 saturated carbocycles. The maximum absolute atomic E-state index is 13.1. The molecular weight excluding hydrogens is 347 g/mol. The van der Waals surface area contributed by atoms with Crippen molar-refractivity contribution in [2.75, 3.05) is 0 Å². The Kier molecular flexibility index (Phi) is 5.09. The molecule has 1 atom stereocenters. The van der Waals surface area contributed by atoms with Crippen LogP contribution in [0.4, 0.5) is 13.2 Å². The largest absolute Gasteiger partial charge is 0.416 e. The van der Waals surface area contributed by atoms with Crippen LogP contribution in [0.5, 0.6) is 0 Å². The molecule has 0 aliphatic rings. The Morgan fingerprint density at radius 2 is 1.68 bits per heavy atom. The second kappa shape index (κ2) is 7.28. The summed E-state index contributed by atoms with van der Waals surface area (Å²) in [6, 6.07) is 18.5. The van der Waals surface area contributed by atoms with Crippen molar-refractivity contribution < 1.29 is 13.2 Å². The van der Waals surface area contributed by atoms with E-state index in [0.717, 1.165) is 11.6 Å². The topological polar surface area (TPSA) is 12.9 Å². The highest BCUT2D eigenvalue weighted by atomic mass is 35.5. The molecule has 128 valence electrons. The van der Waals surface area contributed by atoms with E-state index in [9.17, 15) is 13.2 Å². The van der Waals surface area contributed by atoms with Gasteiger partial charge in [-0.15, -0.1) is 0 Å². The van der Waals surface area contributed by atoms with Crippen LogP contribution in [0, 0.1) is 0 Å². The van der Waals surface area contributed by atoms with Crippen LogP contribution in [-0.4, -0.2) is 4.98 Å². The smallest absolute Gasteiger partial charge is 0.259 e. The third-order valence-electron chi connectivity index (χ3n) is 4.01. The predicted octanol–water partition coefficient (Wildman–Crippen LogP) is 6.13. The average molecular weight is 362 g/mol. The first kappa shape index (κ1) is 17.5. The van der Waals surface area contributed by atoms with Crippen LogP contribution < -0.4 is 0 Å². The summed E-state index contributed by atoms with van der Waals surface area (Å²) in [6.07, 6.45) is -2.31. The minimum Gasteiger partial charge on any atom is -0.259 e. The Morgan fingerprint density at radius 3 is 2.32 bits per heavy atom. The van der Waals surface area contributed by atoms with Crippen molar-refractivity contribution in [2.24, 2.45) is 0 Å². The second-order valence-electron chi connectivity index (χ2n) is 5.77. The fraction of sp³-hybridized carbons (Fsp3) is 0.150. The second-order valence-corrected chi connectivity index (χ2v) is 6.20. The molecular formula is C20H15ClF3N. The Hall–Kier alpha value is -2.33. The van der Waals surface area contributed by atoms with E-state index in [1.807, 2.05) is 30.3 Å². The molecule has 0 bridgehead atoms. The highest BCUT2D eigenvalue weighted by molar-refractivity contribution is 6.30. The van der Waals surface area contributed by atoms with Crippen LogP contribution in [0.15, 0.2) is 72.9 Å². The van der Waals surface area contributed by atoms with Crippen molar-refractivity contribution >= 4 is 11.6 Å². The lowest BCUT2D eigenvalue weighted by atomic mass is 9.88. The van der Waals surface area contributed by atoms with Crippen molar-refractivity contribution in [2.45, 2.75) is 18.5 Å². The molecule has 0 radical (unpaired) electrons. The number of alkyl halides is 3. The molecule has 1 heterocycles. The van der Waals surface area contributed by atoms with Gasteiger partial charge in [0.1, 0.15) is 0 Å². The van der Waals surface area contributed by atoms with Crippen molar-refractivity contribution in [1.82, 2.24) is 4.98 Å². The first-order valence-corrected chi connectivity index (χ1v) is 8.14. The third kappa shape index (κ3) is 4.40. The van der Waals surface area contributed by atoms with E-state index in [-0.39, 0.29) is 5.92 Å². The van der Waals surface area contributed by atoms with Crippen molar-refractivity contribution in [3.05, 3.63) is 100 Å². The highest BCUT2D eigenvalue weighted by Crippen LogP contribution is 2.34. The standard InChI is InChI=1S/C20H15ClF3N/c21-17-9-10-19(25-13-17)18(11-14-5-2-1-3-6-14)15-7-4-8-16(12-15)20(22,23)24/h1-10,12-13,18H,11H2. The van der Waals surface area contributed by atoms with E-state index < -0.39 is 11.7 Å². The molecule has 0 spiro atoms. The van der Waals surface area contributed by atoms with Crippen molar-refractivity contribution in [3.8, 4) is 0 Å². The van der Waals surface area contributed by atoms with Crippen LogP contribution in [0.3, 0.4) is 0 Å². The van der Waals surface area contributed by atoms with Gasteiger partial charge in [0, 0.05) is 17.8 Å². The highest BCUT2D eigenvalue weighted by Gasteiger charge is 2.31. The number of halogens is 4. The summed E-state index contributed by atoms with van der Waals surface area (Å²) in [5.41, 5.74) is 1.64. The van der Waals surface area contributed by atoms with E-state index in [4.69, 9.17) is 11.6 Å². The Bertz CT molecular complexity index is 830. The fourth-order valence-electron chi connectivity index (χ4n) is 2.77. The van der Waals surface area contributed by atoms with E-state index >= 15 is 0 Å². The molecule has 3 rings (SSSR count). The molecule has 1 aromatic heterocycles. The number of pyridine rings is 1. The average Bonchev–Trinajstić information content (AvgIpc) is 2.61. The quantitative estimate of drug-likeness (QED) is 0.544. The van der Waals surface area contributed by atoms with Gasteiger partial charge in [0.15, 0.2) is 0 Å². The molecule has 0 amide bonds. The minimum atomic E-state index is -4.37. The third-order valence-corrected chi connectivity index (χ3v) is 4.23. The molecule has 1 unspecified atom stereocenters. The van der Waals surface area contributed by atoms with Gasteiger partial charge in [-0.2, -0.15) is 13.2 Å². The number of hydrogen-bond donors (Lipinski definition) is 0. The van der Waals surface area contributed by atoms with E-state index in [1.165, 1.54) is 18.3 Å². The molecule has 2 aromatic carbocycles. The lowest BCUT2D eigenvalue weighted by molar-refractivity contribution is -0.137. The zero-order valence-electron chi connectivity index (χ0n) is 13.2. The summed E-state index contributed by atoms with van der Waals surface area (Å²) in [7, 11) is 0. The van der Waals surface area contributed by atoms with Gasteiger partial charge in [-0.25, -0.2) is 0 Å².